The Balaban J connectivity index is 2.29. The highest BCUT2D eigenvalue weighted by Crippen LogP contribution is 2.25. The summed E-state index contributed by atoms with van der Waals surface area (Å²) in [6.45, 7) is 1.23. The zero-order chi connectivity index (χ0) is 21.6. The van der Waals surface area contributed by atoms with Crippen LogP contribution < -0.4 is 4.74 Å². The van der Waals surface area contributed by atoms with E-state index in [2.05, 4.69) is 0 Å². The van der Waals surface area contributed by atoms with Gasteiger partial charge in [0.1, 0.15) is 12.4 Å². The topological polar surface area (TPSA) is 148 Å². The van der Waals surface area contributed by atoms with Crippen molar-refractivity contribution < 1.29 is 33.6 Å². The lowest BCUT2D eigenvalue weighted by Crippen LogP contribution is -2.10. The van der Waals surface area contributed by atoms with Gasteiger partial charge in [0.15, 0.2) is 0 Å². The van der Waals surface area contributed by atoms with Crippen molar-refractivity contribution >= 4 is 23.3 Å². The molecule has 0 unspecified atom stereocenters. The van der Waals surface area contributed by atoms with Crippen molar-refractivity contribution in [1.82, 2.24) is 0 Å². The highest BCUT2D eigenvalue weighted by atomic mass is 16.6. The number of carbonyl (C=O) groups is 2. The van der Waals surface area contributed by atoms with E-state index in [9.17, 15) is 29.8 Å². The van der Waals surface area contributed by atoms with Crippen LogP contribution >= 0.6 is 0 Å². The number of ether oxygens (including phenoxy) is 3. The Bertz CT molecular complexity index is 972. The van der Waals surface area contributed by atoms with Gasteiger partial charge in [-0.1, -0.05) is 0 Å². The quantitative estimate of drug-likeness (QED) is 0.367. The van der Waals surface area contributed by atoms with Gasteiger partial charge < -0.3 is 14.2 Å². The summed E-state index contributed by atoms with van der Waals surface area (Å²) in [6, 6.07) is 6.82. The molecule has 2 rings (SSSR count). The molecule has 0 bridgehead atoms. The Morgan fingerprint density at radius 3 is 2.00 bits per heavy atom. The van der Waals surface area contributed by atoms with E-state index in [0.29, 0.717) is 0 Å². The summed E-state index contributed by atoms with van der Waals surface area (Å²) in [5, 5.41) is 22.0. The highest BCUT2D eigenvalue weighted by Gasteiger charge is 2.20. The smallest absolute Gasteiger partial charge is 0.338 e. The molecule has 0 aliphatic carbocycles. The van der Waals surface area contributed by atoms with Crippen LogP contribution in [0, 0.1) is 20.2 Å². The molecule has 0 heterocycles. The number of nitro benzene ring substituents is 2. The van der Waals surface area contributed by atoms with Crippen molar-refractivity contribution in [3.05, 3.63) is 73.3 Å². The van der Waals surface area contributed by atoms with E-state index < -0.39 is 27.5 Å². The van der Waals surface area contributed by atoms with Crippen molar-refractivity contribution in [3.8, 4) is 5.75 Å². The number of nitrogens with zero attached hydrogens (tertiary/aromatic N) is 2. The van der Waals surface area contributed by atoms with Gasteiger partial charge in [-0.15, -0.1) is 0 Å². The van der Waals surface area contributed by atoms with Crippen LogP contribution in [0.15, 0.2) is 36.4 Å². The third kappa shape index (κ3) is 5.25. The van der Waals surface area contributed by atoms with E-state index in [1.165, 1.54) is 25.3 Å². The van der Waals surface area contributed by atoms with Crippen LogP contribution in [0.25, 0.3) is 0 Å². The first-order valence-corrected chi connectivity index (χ1v) is 8.21. The molecule has 2 aromatic rings. The predicted octanol–water partition coefficient (Wildman–Crippen LogP) is 3.05. The van der Waals surface area contributed by atoms with Crippen LogP contribution in [0.2, 0.25) is 0 Å². The Morgan fingerprint density at radius 2 is 1.48 bits per heavy atom. The van der Waals surface area contributed by atoms with Crippen molar-refractivity contribution in [2.24, 2.45) is 0 Å². The van der Waals surface area contributed by atoms with E-state index >= 15 is 0 Å². The molecule has 0 saturated carbocycles. The fraction of sp³-hybridized carbons (Fsp3) is 0.222. The number of nitro groups is 2. The van der Waals surface area contributed by atoms with Gasteiger partial charge in [-0.3, -0.25) is 20.2 Å². The van der Waals surface area contributed by atoms with Gasteiger partial charge in [0.25, 0.3) is 11.4 Å². The Kier molecular flexibility index (Phi) is 6.80. The standard InChI is InChI=1S/C18H16N2O9/c1-3-28-17(21)11-6-12(8-15(7-11)20(25)26)18(22)29-10-13-9-14(19(23)24)4-5-16(13)27-2/h4-9H,3,10H2,1-2H3. The number of hydrogen-bond acceptors (Lipinski definition) is 9. The number of benzene rings is 2. The molecule has 0 fully saturated rings. The predicted molar refractivity (Wildman–Crippen MR) is 97.8 cm³/mol. The highest BCUT2D eigenvalue weighted by molar-refractivity contribution is 5.96. The molecule has 0 N–H and O–H groups in total. The lowest BCUT2D eigenvalue weighted by molar-refractivity contribution is -0.385. The summed E-state index contributed by atoms with van der Waals surface area (Å²) in [4.78, 5) is 44.9. The molecule has 0 aliphatic heterocycles. The molecule has 0 aliphatic rings. The largest absolute Gasteiger partial charge is 0.496 e. The number of methoxy groups -OCH3 is 1. The number of rotatable bonds is 8. The zero-order valence-electron chi connectivity index (χ0n) is 15.4. The number of esters is 2. The van der Waals surface area contributed by atoms with Gasteiger partial charge in [0.05, 0.1) is 34.7 Å². The van der Waals surface area contributed by atoms with E-state index in [1.54, 1.807) is 6.92 Å². The average molecular weight is 404 g/mol. The van der Waals surface area contributed by atoms with E-state index in [1.807, 2.05) is 0 Å². The zero-order valence-corrected chi connectivity index (χ0v) is 15.4. The molecule has 0 amide bonds. The Morgan fingerprint density at radius 1 is 0.897 bits per heavy atom. The van der Waals surface area contributed by atoms with Crippen LogP contribution in [0.3, 0.4) is 0 Å². The van der Waals surface area contributed by atoms with Gasteiger partial charge in [-0.05, 0) is 19.1 Å². The van der Waals surface area contributed by atoms with Crippen LogP contribution in [-0.2, 0) is 16.1 Å². The molecule has 11 heteroatoms. The molecule has 2 aromatic carbocycles. The summed E-state index contributed by atoms with van der Waals surface area (Å²) in [5.74, 6) is -1.53. The summed E-state index contributed by atoms with van der Waals surface area (Å²) < 4.78 is 15.0. The fourth-order valence-corrected chi connectivity index (χ4v) is 2.38. The molecular weight excluding hydrogens is 388 g/mol. The van der Waals surface area contributed by atoms with Gasteiger partial charge in [-0.2, -0.15) is 0 Å². The van der Waals surface area contributed by atoms with Gasteiger partial charge in [0.2, 0.25) is 0 Å². The first kappa shape index (κ1) is 21.3. The van der Waals surface area contributed by atoms with Crippen LogP contribution in [-0.4, -0.2) is 35.5 Å². The SMILES string of the molecule is CCOC(=O)c1cc(C(=O)OCc2cc([N+](=O)[O-])ccc2OC)cc([N+](=O)[O-])c1. The monoisotopic (exact) mass is 404 g/mol. The molecule has 0 spiro atoms. The summed E-state index contributed by atoms with van der Waals surface area (Å²) in [5.41, 5.74) is -0.911. The lowest BCUT2D eigenvalue weighted by atomic mass is 10.1. The number of carbonyl (C=O) groups excluding carboxylic acids is 2. The molecule has 0 radical (unpaired) electrons. The Hall–Kier alpha value is -4.02. The molecule has 0 atom stereocenters. The second kappa shape index (κ2) is 9.26. The minimum absolute atomic E-state index is 0.0495. The van der Waals surface area contributed by atoms with E-state index in [-0.39, 0.29) is 41.3 Å². The molecule has 0 aromatic heterocycles. The Labute approximate surface area is 164 Å². The number of hydrogen-bond donors (Lipinski definition) is 0. The second-order valence-electron chi connectivity index (χ2n) is 5.58. The van der Waals surface area contributed by atoms with E-state index in [4.69, 9.17) is 14.2 Å². The van der Waals surface area contributed by atoms with Crippen LogP contribution in [0.4, 0.5) is 11.4 Å². The maximum Gasteiger partial charge on any atom is 0.338 e. The first-order valence-electron chi connectivity index (χ1n) is 8.21. The summed E-state index contributed by atoms with van der Waals surface area (Å²) >= 11 is 0. The van der Waals surface area contributed by atoms with Gasteiger partial charge in [-0.25, -0.2) is 9.59 Å². The minimum Gasteiger partial charge on any atom is -0.496 e. The van der Waals surface area contributed by atoms with Crippen LogP contribution in [0.5, 0.6) is 5.75 Å². The van der Waals surface area contributed by atoms with Gasteiger partial charge >= 0.3 is 11.9 Å². The molecule has 29 heavy (non-hydrogen) atoms. The first-order chi connectivity index (χ1) is 13.8. The third-order valence-electron chi connectivity index (χ3n) is 3.71. The molecule has 0 saturated heterocycles. The molecular formula is C18H16N2O9. The van der Waals surface area contributed by atoms with Crippen molar-refractivity contribution in [3.63, 3.8) is 0 Å². The minimum atomic E-state index is -0.965. The summed E-state index contributed by atoms with van der Waals surface area (Å²) in [7, 11) is 1.35. The summed E-state index contributed by atoms with van der Waals surface area (Å²) in [6.07, 6.45) is 0. The van der Waals surface area contributed by atoms with Crippen molar-refractivity contribution in [2.45, 2.75) is 13.5 Å². The number of non-ortho nitro benzene ring substituents is 2. The third-order valence-corrected chi connectivity index (χ3v) is 3.71. The van der Waals surface area contributed by atoms with Crippen molar-refractivity contribution in [1.29, 1.82) is 0 Å². The fourth-order valence-electron chi connectivity index (χ4n) is 2.38. The average Bonchev–Trinajstić information content (AvgIpc) is 2.71. The van der Waals surface area contributed by atoms with Crippen LogP contribution in [0.1, 0.15) is 33.2 Å². The van der Waals surface area contributed by atoms with Gasteiger partial charge in [0, 0.05) is 29.8 Å². The maximum absolute atomic E-state index is 12.4. The second-order valence-corrected chi connectivity index (χ2v) is 5.58. The lowest BCUT2D eigenvalue weighted by Gasteiger charge is -2.10. The van der Waals surface area contributed by atoms with Crippen molar-refractivity contribution in [2.75, 3.05) is 13.7 Å². The van der Waals surface area contributed by atoms with E-state index in [0.717, 1.165) is 18.2 Å². The molecule has 11 nitrogen and oxygen atoms in total. The maximum atomic E-state index is 12.4. The normalized spacial score (nSPS) is 10.1. The molecule has 152 valence electrons.